The molecule has 0 aromatic heterocycles. The fourth-order valence-electron chi connectivity index (χ4n) is 1.69. The van der Waals surface area contributed by atoms with E-state index in [1.54, 1.807) is 0 Å². The third kappa shape index (κ3) is 1.56. The van der Waals surface area contributed by atoms with Gasteiger partial charge < -0.3 is 5.11 Å². The van der Waals surface area contributed by atoms with E-state index in [1.807, 2.05) is 24.3 Å². The van der Waals surface area contributed by atoms with Gasteiger partial charge in [0.05, 0.1) is 0 Å². The normalized spacial score (nSPS) is 25.3. The number of alkyl halides is 2. The van der Waals surface area contributed by atoms with Gasteiger partial charge in [-0.05, 0) is 24.0 Å². The number of aliphatic hydroxyl groups is 1. The lowest BCUT2D eigenvalue weighted by molar-refractivity contribution is 0.146. The fourth-order valence-corrected chi connectivity index (χ4v) is 2.12. The third-order valence-electron chi connectivity index (χ3n) is 2.48. The molecule has 1 aliphatic rings. The van der Waals surface area contributed by atoms with Crippen LogP contribution in [0.25, 0.3) is 0 Å². The van der Waals surface area contributed by atoms with Crippen molar-refractivity contribution < 1.29 is 5.11 Å². The predicted molar refractivity (Wildman–Crippen MR) is 54.2 cm³/mol. The molecule has 70 valence electrons. The first-order valence-electron chi connectivity index (χ1n) is 4.25. The van der Waals surface area contributed by atoms with E-state index in [-0.39, 0.29) is 0 Å². The van der Waals surface area contributed by atoms with E-state index in [2.05, 4.69) is 0 Å². The molecule has 1 N–H and O–H groups in total. The largest absolute Gasteiger partial charge is 0.385 e. The molecule has 0 heterocycles. The number of rotatable bonds is 0. The molecule has 1 atom stereocenters. The molecule has 0 aliphatic heterocycles. The maximum atomic E-state index is 9.83. The second kappa shape index (κ2) is 3.16. The van der Waals surface area contributed by atoms with Crippen molar-refractivity contribution in [1.82, 2.24) is 0 Å². The smallest absolute Gasteiger partial charge is 0.148 e. The van der Waals surface area contributed by atoms with Crippen molar-refractivity contribution in [1.29, 1.82) is 0 Å². The molecular formula is C10H10Cl2O. The highest BCUT2D eigenvalue weighted by atomic mass is 35.5. The van der Waals surface area contributed by atoms with E-state index in [4.69, 9.17) is 23.2 Å². The Kier molecular flexibility index (Phi) is 2.26. The van der Waals surface area contributed by atoms with Crippen molar-refractivity contribution in [3.8, 4) is 0 Å². The summed E-state index contributed by atoms with van der Waals surface area (Å²) in [6, 6.07) is 7.72. The molecular weight excluding hydrogens is 207 g/mol. The van der Waals surface area contributed by atoms with E-state index in [1.165, 1.54) is 0 Å². The molecule has 1 aliphatic carbocycles. The van der Waals surface area contributed by atoms with Crippen LogP contribution in [0.4, 0.5) is 0 Å². The van der Waals surface area contributed by atoms with Crippen molar-refractivity contribution in [3.63, 3.8) is 0 Å². The summed E-state index contributed by atoms with van der Waals surface area (Å²) < 4.78 is -1.02. The minimum absolute atomic E-state index is 0.605. The van der Waals surface area contributed by atoms with E-state index in [0.29, 0.717) is 6.42 Å². The third-order valence-corrected chi connectivity index (χ3v) is 3.27. The van der Waals surface area contributed by atoms with Gasteiger partial charge in [0.25, 0.3) is 0 Å². The summed E-state index contributed by atoms with van der Waals surface area (Å²) in [7, 11) is 0. The topological polar surface area (TPSA) is 20.2 Å². The van der Waals surface area contributed by atoms with Crippen LogP contribution in [0.1, 0.15) is 23.7 Å². The minimum atomic E-state index is -1.02. The number of fused-ring (bicyclic) bond motifs is 1. The number of aryl methyl sites for hydroxylation is 1. The van der Waals surface area contributed by atoms with Crippen LogP contribution in [0.2, 0.25) is 0 Å². The van der Waals surface area contributed by atoms with Gasteiger partial charge in [0.15, 0.2) is 0 Å². The molecule has 1 aromatic carbocycles. The first kappa shape index (κ1) is 9.32. The number of aliphatic hydroxyl groups excluding tert-OH is 1. The van der Waals surface area contributed by atoms with Crippen molar-refractivity contribution in [2.24, 2.45) is 0 Å². The molecule has 0 spiro atoms. The Bertz CT molecular complexity index is 322. The first-order chi connectivity index (χ1) is 6.11. The molecule has 0 amide bonds. The standard InChI is InChI=1S/C10H10Cl2O/c11-10(12)6-5-7-3-1-2-4-8(7)9(10)13/h1-4,9,13H,5-6H2. The predicted octanol–water partition coefficient (Wildman–Crippen LogP) is 2.84. The zero-order valence-electron chi connectivity index (χ0n) is 7.00. The Labute approximate surface area is 87.3 Å². The van der Waals surface area contributed by atoms with Crippen LogP contribution in [-0.2, 0) is 6.42 Å². The molecule has 2 rings (SSSR count). The summed E-state index contributed by atoms with van der Waals surface area (Å²) >= 11 is 11.9. The van der Waals surface area contributed by atoms with E-state index in [9.17, 15) is 5.11 Å². The lowest BCUT2D eigenvalue weighted by Gasteiger charge is -2.32. The van der Waals surface area contributed by atoms with Gasteiger partial charge in [0.1, 0.15) is 10.4 Å². The maximum absolute atomic E-state index is 9.83. The van der Waals surface area contributed by atoms with Crippen molar-refractivity contribution in [2.45, 2.75) is 23.3 Å². The van der Waals surface area contributed by atoms with Gasteiger partial charge in [0, 0.05) is 0 Å². The summed E-state index contributed by atoms with van der Waals surface area (Å²) in [5, 5.41) is 9.83. The Hall–Kier alpha value is -0.240. The van der Waals surface area contributed by atoms with Gasteiger partial charge in [-0.15, -0.1) is 0 Å². The van der Waals surface area contributed by atoms with Crippen LogP contribution in [0.5, 0.6) is 0 Å². The highest BCUT2D eigenvalue weighted by Crippen LogP contribution is 2.44. The summed E-state index contributed by atoms with van der Waals surface area (Å²) in [5.41, 5.74) is 2.01. The Balaban J connectivity index is 2.45. The van der Waals surface area contributed by atoms with Gasteiger partial charge in [-0.2, -0.15) is 0 Å². The highest BCUT2D eigenvalue weighted by Gasteiger charge is 2.38. The van der Waals surface area contributed by atoms with Gasteiger partial charge >= 0.3 is 0 Å². The average Bonchev–Trinajstić information content (AvgIpc) is 2.13. The second-order valence-corrected chi connectivity index (χ2v) is 4.90. The summed E-state index contributed by atoms with van der Waals surface area (Å²) in [5.74, 6) is 0. The van der Waals surface area contributed by atoms with Crippen molar-refractivity contribution >= 4 is 23.2 Å². The van der Waals surface area contributed by atoms with Gasteiger partial charge in [-0.25, -0.2) is 0 Å². The van der Waals surface area contributed by atoms with Crippen LogP contribution in [0.3, 0.4) is 0 Å². The number of halogens is 2. The zero-order chi connectivity index (χ0) is 9.47. The van der Waals surface area contributed by atoms with Crippen LogP contribution >= 0.6 is 23.2 Å². The molecule has 1 nitrogen and oxygen atoms in total. The fraction of sp³-hybridized carbons (Fsp3) is 0.400. The second-order valence-electron chi connectivity index (χ2n) is 3.36. The molecule has 0 fully saturated rings. The molecule has 0 saturated carbocycles. The number of hydrogen-bond acceptors (Lipinski definition) is 1. The van der Waals surface area contributed by atoms with Gasteiger partial charge in [-0.1, -0.05) is 47.5 Å². The Morgan fingerprint density at radius 2 is 2.00 bits per heavy atom. The van der Waals surface area contributed by atoms with E-state index in [0.717, 1.165) is 17.5 Å². The minimum Gasteiger partial charge on any atom is -0.385 e. The van der Waals surface area contributed by atoms with Crippen LogP contribution in [-0.4, -0.2) is 9.44 Å². The van der Waals surface area contributed by atoms with Crippen LogP contribution < -0.4 is 0 Å². The van der Waals surface area contributed by atoms with E-state index >= 15 is 0 Å². The first-order valence-corrected chi connectivity index (χ1v) is 5.00. The zero-order valence-corrected chi connectivity index (χ0v) is 8.52. The SMILES string of the molecule is OC1c2ccccc2CCC1(Cl)Cl. The molecule has 3 heteroatoms. The molecule has 0 saturated heterocycles. The summed E-state index contributed by atoms with van der Waals surface area (Å²) in [6.45, 7) is 0. The number of benzene rings is 1. The summed E-state index contributed by atoms with van der Waals surface area (Å²) in [6.07, 6.45) is 0.676. The lowest BCUT2D eigenvalue weighted by Crippen LogP contribution is -2.29. The van der Waals surface area contributed by atoms with Crippen molar-refractivity contribution in [3.05, 3.63) is 35.4 Å². The van der Waals surface area contributed by atoms with Gasteiger partial charge in [0.2, 0.25) is 0 Å². The molecule has 13 heavy (non-hydrogen) atoms. The Morgan fingerprint density at radius 1 is 1.31 bits per heavy atom. The molecule has 1 aromatic rings. The molecule has 0 bridgehead atoms. The Morgan fingerprint density at radius 3 is 2.77 bits per heavy atom. The highest BCUT2D eigenvalue weighted by molar-refractivity contribution is 6.48. The lowest BCUT2D eigenvalue weighted by atomic mass is 9.89. The van der Waals surface area contributed by atoms with Gasteiger partial charge in [-0.3, -0.25) is 0 Å². The quantitative estimate of drug-likeness (QED) is 0.662. The van der Waals surface area contributed by atoms with Crippen molar-refractivity contribution in [2.75, 3.05) is 0 Å². The van der Waals surface area contributed by atoms with E-state index < -0.39 is 10.4 Å². The average molecular weight is 217 g/mol. The maximum Gasteiger partial charge on any atom is 0.148 e. The summed E-state index contributed by atoms with van der Waals surface area (Å²) in [4.78, 5) is 0. The number of hydrogen-bond donors (Lipinski definition) is 1. The molecule has 0 radical (unpaired) electrons. The molecule has 1 unspecified atom stereocenters. The van der Waals surface area contributed by atoms with Crippen LogP contribution in [0.15, 0.2) is 24.3 Å². The monoisotopic (exact) mass is 216 g/mol. The van der Waals surface area contributed by atoms with Crippen LogP contribution in [0, 0.1) is 0 Å².